The average molecular weight is 376 g/mol. The predicted octanol–water partition coefficient (Wildman–Crippen LogP) is 3.18. The molecule has 0 unspecified atom stereocenters. The van der Waals surface area contributed by atoms with Crippen LogP contribution < -0.4 is 5.32 Å². The van der Waals surface area contributed by atoms with E-state index in [1.165, 1.54) is 25.3 Å². The molecule has 0 aliphatic carbocycles. The molecule has 26 heavy (non-hydrogen) atoms. The molecule has 0 radical (unpaired) electrons. The molecular weight excluding hydrogens is 362 g/mol. The fourth-order valence-corrected chi connectivity index (χ4v) is 2.23. The number of benzene rings is 1. The van der Waals surface area contributed by atoms with Crippen LogP contribution in [-0.4, -0.2) is 31.1 Å². The number of nitro benzene ring substituents is 1. The van der Waals surface area contributed by atoms with Gasteiger partial charge in [0.25, 0.3) is 11.6 Å². The molecule has 1 aromatic carbocycles. The average Bonchev–Trinajstić information content (AvgIpc) is 3.08. The molecule has 2 aromatic rings. The summed E-state index contributed by atoms with van der Waals surface area (Å²) < 4.78 is 10.4. The van der Waals surface area contributed by atoms with Gasteiger partial charge in [-0.1, -0.05) is 11.6 Å². The van der Waals surface area contributed by atoms with Crippen LogP contribution in [0.1, 0.15) is 5.76 Å². The van der Waals surface area contributed by atoms with E-state index >= 15 is 0 Å². The second-order valence-electron chi connectivity index (χ2n) is 5.04. The Labute approximate surface area is 153 Å². The van der Waals surface area contributed by atoms with E-state index in [1.54, 1.807) is 24.3 Å². The normalized spacial score (nSPS) is 11.0. The molecule has 1 N–H and O–H groups in total. The molecule has 0 saturated heterocycles. The smallest absolute Gasteiger partial charge is 0.288 e. The van der Waals surface area contributed by atoms with Gasteiger partial charge in [-0.15, -0.1) is 0 Å². The number of ether oxygens (including phenoxy) is 1. The van der Waals surface area contributed by atoms with Crippen molar-refractivity contribution in [2.24, 2.45) is 0 Å². The number of hydrogen-bond donors (Lipinski definition) is 1. The van der Waals surface area contributed by atoms with E-state index < -0.39 is 10.8 Å². The van der Waals surface area contributed by atoms with Crippen molar-refractivity contribution in [3.63, 3.8) is 0 Å². The minimum Gasteiger partial charge on any atom is -0.457 e. The second-order valence-corrected chi connectivity index (χ2v) is 5.45. The highest BCUT2D eigenvalue weighted by atomic mass is 35.5. The molecule has 2 rings (SSSR count). The summed E-state index contributed by atoms with van der Waals surface area (Å²) >= 11 is 5.79. The van der Waals surface area contributed by atoms with E-state index in [0.29, 0.717) is 17.9 Å². The quantitative estimate of drug-likeness (QED) is 0.261. The lowest BCUT2D eigenvalue weighted by Crippen LogP contribution is -2.27. The molecular formula is C17H14ClN3O5. The number of rotatable bonds is 7. The third kappa shape index (κ3) is 4.69. The van der Waals surface area contributed by atoms with Gasteiger partial charge in [-0.2, -0.15) is 5.26 Å². The van der Waals surface area contributed by atoms with Crippen molar-refractivity contribution in [3.8, 4) is 17.4 Å². The first-order chi connectivity index (χ1) is 12.5. The van der Waals surface area contributed by atoms with Crippen molar-refractivity contribution in [2.45, 2.75) is 0 Å². The minimum absolute atomic E-state index is 0.0184. The van der Waals surface area contributed by atoms with Gasteiger partial charge in [0.1, 0.15) is 28.2 Å². The first-order valence-corrected chi connectivity index (χ1v) is 7.77. The fraction of sp³-hybridized carbons (Fsp3) is 0.176. The van der Waals surface area contributed by atoms with Crippen LogP contribution in [0.3, 0.4) is 0 Å². The first kappa shape index (κ1) is 19.2. The Hall–Kier alpha value is -3.15. The maximum Gasteiger partial charge on any atom is 0.288 e. The van der Waals surface area contributed by atoms with Gasteiger partial charge in [0.15, 0.2) is 0 Å². The molecule has 0 atom stereocenters. The molecule has 1 heterocycles. The lowest BCUT2D eigenvalue weighted by molar-refractivity contribution is -0.384. The highest BCUT2D eigenvalue weighted by Crippen LogP contribution is 2.31. The van der Waals surface area contributed by atoms with Gasteiger partial charge in [0.05, 0.1) is 11.5 Å². The monoisotopic (exact) mass is 375 g/mol. The lowest BCUT2D eigenvalue weighted by Gasteiger charge is -2.02. The molecule has 0 bridgehead atoms. The van der Waals surface area contributed by atoms with Gasteiger partial charge in [-0.3, -0.25) is 14.9 Å². The number of nitro groups is 1. The molecule has 0 fully saturated rings. The summed E-state index contributed by atoms with van der Waals surface area (Å²) in [5, 5.41) is 22.6. The van der Waals surface area contributed by atoms with Crippen molar-refractivity contribution < 1.29 is 18.9 Å². The highest BCUT2D eigenvalue weighted by molar-refractivity contribution is 6.32. The summed E-state index contributed by atoms with van der Waals surface area (Å²) in [4.78, 5) is 22.3. The molecule has 0 aliphatic rings. The first-order valence-electron chi connectivity index (χ1n) is 7.39. The van der Waals surface area contributed by atoms with Gasteiger partial charge in [-0.25, -0.2) is 0 Å². The van der Waals surface area contributed by atoms with E-state index in [0.717, 1.165) is 0 Å². The molecule has 1 amide bonds. The standard InChI is InChI=1S/C17H14ClN3O5/c1-25-7-6-20-17(22)12(10-19)8-13-3-5-16(26-13)11-2-4-14(18)15(9-11)21(23)24/h2-5,8-9H,6-7H2,1H3,(H,20,22)/b12-8+. The third-order valence-corrected chi connectivity index (χ3v) is 3.62. The van der Waals surface area contributed by atoms with E-state index in [1.807, 2.05) is 0 Å². The van der Waals surface area contributed by atoms with E-state index in [-0.39, 0.29) is 28.6 Å². The number of nitriles is 1. The Kier molecular flexibility index (Phi) is 6.49. The summed E-state index contributed by atoms with van der Waals surface area (Å²) in [6.07, 6.45) is 1.29. The lowest BCUT2D eigenvalue weighted by atomic mass is 10.1. The zero-order chi connectivity index (χ0) is 19.1. The van der Waals surface area contributed by atoms with E-state index in [4.69, 9.17) is 26.0 Å². The predicted molar refractivity (Wildman–Crippen MR) is 94.3 cm³/mol. The summed E-state index contributed by atoms with van der Waals surface area (Å²) in [6.45, 7) is 0.594. The number of carbonyl (C=O) groups excluding carboxylic acids is 1. The zero-order valence-corrected chi connectivity index (χ0v) is 14.4. The second kappa shape index (κ2) is 8.80. The van der Waals surface area contributed by atoms with Crippen LogP contribution in [0.4, 0.5) is 5.69 Å². The number of methoxy groups -OCH3 is 1. The summed E-state index contributed by atoms with van der Waals surface area (Å²) in [6, 6.07) is 9.19. The van der Waals surface area contributed by atoms with Crippen LogP contribution in [0.2, 0.25) is 5.02 Å². The highest BCUT2D eigenvalue weighted by Gasteiger charge is 2.15. The Balaban J connectivity index is 2.24. The van der Waals surface area contributed by atoms with Crippen LogP contribution in [0.5, 0.6) is 0 Å². The van der Waals surface area contributed by atoms with Crippen molar-refractivity contribution in [1.82, 2.24) is 5.32 Å². The Bertz CT molecular complexity index is 898. The number of carbonyl (C=O) groups is 1. The zero-order valence-electron chi connectivity index (χ0n) is 13.7. The Morgan fingerprint density at radius 3 is 2.88 bits per heavy atom. The van der Waals surface area contributed by atoms with Crippen LogP contribution in [0.15, 0.2) is 40.3 Å². The van der Waals surface area contributed by atoms with Crippen LogP contribution in [0, 0.1) is 21.4 Å². The largest absolute Gasteiger partial charge is 0.457 e. The SMILES string of the molecule is COCCNC(=O)/C(C#N)=C/c1ccc(-c2ccc(Cl)c([N+](=O)[O-])c2)o1. The minimum atomic E-state index is -0.590. The Morgan fingerprint density at radius 2 is 2.23 bits per heavy atom. The summed E-state index contributed by atoms with van der Waals surface area (Å²) in [7, 11) is 1.50. The van der Waals surface area contributed by atoms with Crippen LogP contribution in [0.25, 0.3) is 17.4 Å². The van der Waals surface area contributed by atoms with E-state index in [2.05, 4.69) is 5.32 Å². The Morgan fingerprint density at radius 1 is 1.46 bits per heavy atom. The molecule has 1 aromatic heterocycles. The van der Waals surface area contributed by atoms with Gasteiger partial charge in [-0.05, 0) is 24.3 Å². The number of halogens is 1. The molecule has 134 valence electrons. The molecule has 0 aliphatic heterocycles. The van der Waals surface area contributed by atoms with E-state index in [9.17, 15) is 14.9 Å². The van der Waals surface area contributed by atoms with Gasteiger partial charge in [0, 0.05) is 31.4 Å². The number of amides is 1. The number of nitrogens with one attached hydrogen (secondary N) is 1. The van der Waals surface area contributed by atoms with Gasteiger partial charge in [0.2, 0.25) is 0 Å². The summed E-state index contributed by atoms with van der Waals surface area (Å²) in [5.41, 5.74) is 0.0702. The summed E-state index contributed by atoms with van der Waals surface area (Å²) in [5.74, 6) is 0.0498. The van der Waals surface area contributed by atoms with Crippen LogP contribution >= 0.6 is 11.6 Å². The van der Waals surface area contributed by atoms with Crippen molar-refractivity contribution in [1.29, 1.82) is 5.26 Å². The molecule has 8 nitrogen and oxygen atoms in total. The van der Waals surface area contributed by atoms with Crippen molar-refractivity contribution in [2.75, 3.05) is 20.3 Å². The van der Waals surface area contributed by atoms with Crippen molar-refractivity contribution in [3.05, 3.63) is 56.8 Å². The van der Waals surface area contributed by atoms with Crippen LogP contribution in [-0.2, 0) is 9.53 Å². The number of furan rings is 1. The third-order valence-electron chi connectivity index (χ3n) is 3.30. The van der Waals surface area contributed by atoms with Gasteiger partial charge < -0.3 is 14.5 Å². The van der Waals surface area contributed by atoms with Gasteiger partial charge >= 0.3 is 0 Å². The number of nitrogens with zero attached hydrogens (tertiary/aromatic N) is 2. The molecule has 0 spiro atoms. The molecule has 0 saturated carbocycles. The van der Waals surface area contributed by atoms with Crippen molar-refractivity contribution >= 4 is 29.3 Å². The fourth-order valence-electron chi connectivity index (χ4n) is 2.04. The molecule has 9 heteroatoms. The maximum atomic E-state index is 11.9. The number of hydrogen-bond acceptors (Lipinski definition) is 6. The topological polar surface area (TPSA) is 118 Å². The maximum absolute atomic E-state index is 11.9.